The van der Waals surface area contributed by atoms with Crippen molar-refractivity contribution in [2.24, 2.45) is 12.0 Å². The van der Waals surface area contributed by atoms with Crippen LogP contribution in [-0.4, -0.2) is 37.9 Å². The van der Waals surface area contributed by atoms with Gasteiger partial charge >= 0.3 is 6.18 Å². The molecule has 1 aliphatic rings. The van der Waals surface area contributed by atoms with E-state index in [2.05, 4.69) is 15.0 Å². The van der Waals surface area contributed by atoms with Crippen LogP contribution < -0.4 is 5.49 Å². The van der Waals surface area contributed by atoms with Gasteiger partial charge in [-0.3, -0.25) is 14.8 Å². The van der Waals surface area contributed by atoms with Crippen LogP contribution in [0.1, 0.15) is 48.5 Å². The third-order valence-electron chi connectivity index (χ3n) is 6.70. The van der Waals surface area contributed by atoms with E-state index in [1.807, 2.05) is 42.5 Å². The van der Waals surface area contributed by atoms with Gasteiger partial charge in [0, 0.05) is 31.9 Å². The third-order valence-corrected chi connectivity index (χ3v) is 6.70. The second kappa shape index (κ2) is 9.28. The lowest BCUT2D eigenvalue weighted by Gasteiger charge is -2.32. The second-order valence-electron chi connectivity index (χ2n) is 8.99. The number of benzene rings is 1. The Kier molecular flexibility index (Phi) is 6.53. The molecule has 0 spiro atoms. The van der Waals surface area contributed by atoms with Gasteiger partial charge in [0.2, 0.25) is 5.91 Å². The number of hydrogen-bond acceptors (Lipinski definition) is 4. The summed E-state index contributed by atoms with van der Waals surface area (Å²) in [5.41, 5.74) is 3.14. The van der Waals surface area contributed by atoms with Crippen molar-refractivity contribution in [2.45, 2.75) is 52.9 Å². The van der Waals surface area contributed by atoms with Crippen LogP contribution in [0.25, 0.3) is 16.5 Å². The number of amides is 1. The first-order valence-electron chi connectivity index (χ1n) is 11.4. The molecule has 0 fully saturated rings. The summed E-state index contributed by atoms with van der Waals surface area (Å²) in [5.74, 6) is 0.756. The summed E-state index contributed by atoms with van der Waals surface area (Å²) >= 11 is 0. The van der Waals surface area contributed by atoms with Crippen LogP contribution in [0.4, 0.5) is 13.2 Å². The van der Waals surface area contributed by atoms with Crippen molar-refractivity contribution in [3.8, 4) is 0 Å². The highest BCUT2D eigenvalue weighted by Gasteiger charge is 2.32. The lowest BCUT2D eigenvalue weighted by Crippen LogP contribution is -2.39. The molecule has 0 aliphatic carbocycles. The maximum atomic E-state index is 13.3. The largest absolute Gasteiger partial charge is 0.416 e. The van der Waals surface area contributed by atoms with Crippen LogP contribution >= 0.6 is 0 Å². The number of nitrogens with zero attached hydrogens (tertiary/aromatic N) is 5. The zero-order valence-corrected chi connectivity index (χ0v) is 20.4. The van der Waals surface area contributed by atoms with Crippen molar-refractivity contribution in [1.82, 2.24) is 19.4 Å². The number of aryl methyl sites for hydroxylation is 2. The molecule has 0 bridgehead atoms. The van der Waals surface area contributed by atoms with E-state index in [9.17, 15) is 18.0 Å². The van der Waals surface area contributed by atoms with Gasteiger partial charge < -0.3 is 9.47 Å². The minimum atomic E-state index is -4.41. The molecule has 35 heavy (non-hydrogen) atoms. The Hall–Kier alpha value is -3.49. The van der Waals surface area contributed by atoms with Gasteiger partial charge in [-0.15, -0.1) is 0 Å². The Morgan fingerprint density at radius 3 is 2.66 bits per heavy atom. The van der Waals surface area contributed by atoms with E-state index >= 15 is 0 Å². The zero-order chi connectivity index (χ0) is 25.5. The third kappa shape index (κ3) is 4.85. The molecule has 1 amide bonds. The van der Waals surface area contributed by atoms with Crippen molar-refractivity contribution >= 4 is 22.4 Å². The monoisotopic (exact) mass is 483 g/mol. The van der Waals surface area contributed by atoms with Crippen molar-refractivity contribution in [3.63, 3.8) is 0 Å². The highest BCUT2D eigenvalue weighted by molar-refractivity contribution is 5.82. The molecule has 1 aromatic carbocycles. The second-order valence-corrected chi connectivity index (χ2v) is 8.99. The molecule has 1 aliphatic heterocycles. The highest BCUT2D eigenvalue weighted by atomic mass is 19.4. The molecule has 0 saturated heterocycles. The normalized spacial score (nSPS) is 17.1. The lowest BCUT2D eigenvalue weighted by atomic mass is 9.97. The molecule has 1 atom stereocenters. The van der Waals surface area contributed by atoms with Crippen molar-refractivity contribution in [1.29, 1.82) is 0 Å². The van der Waals surface area contributed by atoms with E-state index in [4.69, 9.17) is 0 Å². The molecule has 9 heteroatoms. The number of carbonyl (C=O) groups is 1. The van der Waals surface area contributed by atoms with Crippen LogP contribution in [0.3, 0.4) is 0 Å². The van der Waals surface area contributed by atoms with Crippen LogP contribution in [0, 0.1) is 13.8 Å². The van der Waals surface area contributed by atoms with Gasteiger partial charge in [0.15, 0.2) is 5.49 Å². The first-order chi connectivity index (χ1) is 16.5. The van der Waals surface area contributed by atoms with Crippen molar-refractivity contribution in [2.75, 3.05) is 6.54 Å². The fourth-order valence-electron chi connectivity index (χ4n) is 4.52. The van der Waals surface area contributed by atoms with Crippen LogP contribution in [0.5, 0.6) is 0 Å². The summed E-state index contributed by atoms with van der Waals surface area (Å²) in [6.45, 7) is 7.51. The summed E-state index contributed by atoms with van der Waals surface area (Å²) < 4.78 is 41.9. The molecular formula is C26H28F3N5O. The van der Waals surface area contributed by atoms with Crippen molar-refractivity contribution < 1.29 is 18.0 Å². The molecule has 0 saturated carbocycles. The molecule has 3 aromatic rings. The van der Waals surface area contributed by atoms with E-state index in [0.717, 1.165) is 28.2 Å². The molecule has 6 nitrogen and oxygen atoms in total. The van der Waals surface area contributed by atoms with Gasteiger partial charge in [-0.1, -0.05) is 18.2 Å². The summed E-state index contributed by atoms with van der Waals surface area (Å²) in [7, 11) is 1.89. The predicted molar refractivity (Wildman–Crippen MR) is 128 cm³/mol. The Labute approximate surface area is 201 Å². The number of fused-ring (bicyclic) bond motifs is 1. The predicted octanol–water partition coefficient (Wildman–Crippen LogP) is 4.73. The van der Waals surface area contributed by atoms with E-state index in [1.54, 1.807) is 19.2 Å². The Bertz CT molecular complexity index is 1400. The van der Waals surface area contributed by atoms with Gasteiger partial charge in [0.25, 0.3) is 0 Å². The number of carbonyl (C=O) groups excluding carboxylic acids is 1. The lowest BCUT2D eigenvalue weighted by molar-refractivity contribution is -0.138. The molecule has 0 radical (unpaired) electrons. The van der Waals surface area contributed by atoms with Crippen molar-refractivity contribution in [3.05, 3.63) is 70.2 Å². The van der Waals surface area contributed by atoms with Gasteiger partial charge in [-0.2, -0.15) is 13.2 Å². The number of hydrogen-bond donors (Lipinski definition) is 0. The average molecular weight is 484 g/mol. The minimum Gasteiger partial charge on any atom is -0.336 e. The Morgan fingerprint density at radius 1 is 1.26 bits per heavy atom. The number of rotatable bonds is 3. The van der Waals surface area contributed by atoms with E-state index in [1.165, 1.54) is 13.0 Å². The van der Waals surface area contributed by atoms with Crippen LogP contribution in [0.2, 0.25) is 0 Å². The van der Waals surface area contributed by atoms with Gasteiger partial charge in [0.1, 0.15) is 5.82 Å². The maximum Gasteiger partial charge on any atom is 0.416 e. The fourth-order valence-corrected chi connectivity index (χ4v) is 4.52. The first-order valence-corrected chi connectivity index (χ1v) is 11.4. The summed E-state index contributed by atoms with van der Waals surface area (Å²) in [4.78, 5) is 27.6. The number of aromatic nitrogens is 3. The molecule has 0 N–H and O–H groups in total. The van der Waals surface area contributed by atoms with Crippen LogP contribution in [0.15, 0.2) is 41.5 Å². The minimum absolute atomic E-state index is 0.0388. The number of halogens is 3. The fraction of sp³-hybridized carbons (Fsp3) is 0.385. The highest BCUT2D eigenvalue weighted by Crippen LogP contribution is 2.33. The first kappa shape index (κ1) is 24.6. The molecule has 4 rings (SSSR count). The van der Waals surface area contributed by atoms with E-state index in [-0.39, 0.29) is 24.1 Å². The average Bonchev–Trinajstić information content (AvgIpc) is 2.80. The molecule has 0 unspecified atom stereocenters. The Morgan fingerprint density at radius 2 is 2.00 bits per heavy atom. The van der Waals surface area contributed by atoms with Gasteiger partial charge in [0.05, 0.1) is 29.5 Å². The van der Waals surface area contributed by atoms with E-state index in [0.29, 0.717) is 29.8 Å². The molecule has 184 valence electrons. The molecule has 3 heterocycles. The maximum absolute atomic E-state index is 13.3. The van der Waals surface area contributed by atoms with Gasteiger partial charge in [-0.05, 0) is 56.0 Å². The standard InChI is InChI=1S/C26H28F3N5O/c1-15-11-19(9-10-34(15)18(4)35)23-12-21-24(14-30-23)33(5)17(3)32-25(21)31-13-20-7-6-8-22(16(20)2)26(27,28)29/h6-9,12,14-15H,10-11,13H2,1-5H3/t15-/m1/s1. The number of pyridine rings is 1. The SMILES string of the molecule is CC(=O)N1CC=C(c2cc3c(=NCc4cccc(C(F)(F)F)c4C)nc(C)n(C)c3cn2)C[C@H]1C. The topological polar surface area (TPSA) is 63.4 Å². The molecular weight excluding hydrogens is 455 g/mol. The summed E-state index contributed by atoms with van der Waals surface area (Å²) in [5, 5.41) is 0.773. The molecule has 2 aromatic heterocycles. The smallest absolute Gasteiger partial charge is 0.336 e. The number of alkyl halides is 3. The van der Waals surface area contributed by atoms with Gasteiger partial charge in [-0.25, -0.2) is 4.98 Å². The Balaban J connectivity index is 1.79. The van der Waals surface area contributed by atoms with Crippen LogP contribution in [-0.2, 0) is 24.6 Å². The zero-order valence-electron chi connectivity index (χ0n) is 20.4. The summed E-state index contributed by atoms with van der Waals surface area (Å²) in [6, 6.07) is 6.15. The quantitative estimate of drug-likeness (QED) is 0.541. The van der Waals surface area contributed by atoms with E-state index < -0.39 is 11.7 Å². The summed E-state index contributed by atoms with van der Waals surface area (Å²) in [6.07, 6.45) is 0.0572.